The second-order valence-corrected chi connectivity index (χ2v) is 6.54. The molecule has 2 rings (SSSR count). The Morgan fingerprint density at radius 2 is 2.33 bits per heavy atom. The number of ketones is 1. The molecule has 0 radical (unpaired) electrons. The quantitative estimate of drug-likeness (QED) is 0.766. The molecule has 2 heterocycles. The maximum Gasteiger partial charge on any atom is 0.310 e. The number of carbonyl (C=O) groups excluding carboxylic acids is 2. The summed E-state index contributed by atoms with van der Waals surface area (Å²) in [7, 11) is 0. The summed E-state index contributed by atoms with van der Waals surface area (Å²) < 4.78 is 5.33. The number of esters is 1. The minimum absolute atomic E-state index is 0. The standard InChI is InChI=1S/C13H19N3O3S.BrH/c1-8(2)4-9-5-13(3,19-11(9)18)10(17)6-14-12-16-15-7-20-12;/h7-9H,4-6H2,1-3H3,(H,14,16);1H. The van der Waals surface area contributed by atoms with Gasteiger partial charge in [0.1, 0.15) is 5.51 Å². The Morgan fingerprint density at radius 1 is 1.62 bits per heavy atom. The molecule has 1 aromatic rings. The third kappa shape index (κ3) is 4.47. The van der Waals surface area contributed by atoms with E-state index in [1.807, 2.05) is 0 Å². The Bertz CT molecular complexity index is 495. The lowest BCUT2D eigenvalue weighted by atomic mass is 9.87. The number of aromatic nitrogens is 2. The largest absolute Gasteiger partial charge is 0.451 e. The van der Waals surface area contributed by atoms with Crippen LogP contribution >= 0.6 is 28.3 Å². The zero-order valence-electron chi connectivity index (χ0n) is 12.3. The number of cyclic esters (lactones) is 1. The van der Waals surface area contributed by atoms with Crippen LogP contribution in [0.5, 0.6) is 0 Å². The van der Waals surface area contributed by atoms with Crippen molar-refractivity contribution in [1.82, 2.24) is 10.2 Å². The van der Waals surface area contributed by atoms with E-state index in [0.29, 0.717) is 17.5 Å². The van der Waals surface area contributed by atoms with Crippen LogP contribution in [-0.4, -0.2) is 34.1 Å². The Balaban J connectivity index is 0.00000220. The van der Waals surface area contributed by atoms with Gasteiger partial charge >= 0.3 is 5.97 Å². The van der Waals surface area contributed by atoms with Gasteiger partial charge in [0.15, 0.2) is 11.4 Å². The molecule has 21 heavy (non-hydrogen) atoms. The van der Waals surface area contributed by atoms with Crippen LogP contribution in [0.2, 0.25) is 0 Å². The topological polar surface area (TPSA) is 81.2 Å². The molecule has 0 aliphatic carbocycles. The summed E-state index contributed by atoms with van der Waals surface area (Å²) in [5.41, 5.74) is 0.567. The second kappa shape index (κ2) is 7.31. The summed E-state index contributed by atoms with van der Waals surface area (Å²) in [6.45, 7) is 5.90. The molecule has 2 atom stereocenters. The predicted molar refractivity (Wildman–Crippen MR) is 85.8 cm³/mol. The minimum atomic E-state index is -1.02. The summed E-state index contributed by atoms with van der Waals surface area (Å²) in [6.07, 6.45) is 1.21. The highest BCUT2D eigenvalue weighted by molar-refractivity contribution is 8.93. The van der Waals surface area contributed by atoms with E-state index in [9.17, 15) is 9.59 Å². The first-order valence-corrected chi connectivity index (χ1v) is 7.55. The van der Waals surface area contributed by atoms with Crippen LogP contribution in [-0.2, 0) is 14.3 Å². The molecule has 0 spiro atoms. The fraction of sp³-hybridized carbons (Fsp3) is 0.692. The van der Waals surface area contributed by atoms with Crippen LogP contribution in [0.15, 0.2) is 5.51 Å². The number of nitrogens with zero attached hydrogens (tertiary/aromatic N) is 2. The average Bonchev–Trinajstić information content (AvgIpc) is 2.95. The van der Waals surface area contributed by atoms with Gasteiger partial charge in [0.05, 0.1) is 12.5 Å². The first-order chi connectivity index (χ1) is 9.40. The number of nitrogens with one attached hydrogen (secondary N) is 1. The van der Waals surface area contributed by atoms with E-state index in [-0.39, 0.29) is 41.2 Å². The molecule has 1 aliphatic rings. The lowest BCUT2D eigenvalue weighted by molar-refractivity contribution is -0.156. The maximum atomic E-state index is 12.3. The molecular formula is C13H20BrN3O3S. The van der Waals surface area contributed by atoms with Crippen LogP contribution in [0, 0.1) is 11.8 Å². The number of carbonyl (C=O) groups is 2. The molecule has 2 unspecified atom stereocenters. The number of ether oxygens (including phenoxy) is 1. The number of halogens is 1. The van der Waals surface area contributed by atoms with Crippen molar-refractivity contribution in [2.45, 2.75) is 39.2 Å². The van der Waals surface area contributed by atoms with E-state index in [4.69, 9.17) is 4.74 Å². The molecule has 1 aliphatic heterocycles. The lowest BCUT2D eigenvalue weighted by Crippen LogP contribution is -2.39. The van der Waals surface area contributed by atoms with Gasteiger partial charge in [-0.3, -0.25) is 9.59 Å². The van der Waals surface area contributed by atoms with Crippen molar-refractivity contribution < 1.29 is 14.3 Å². The second-order valence-electron chi connectivity index (χ2n) is 5.70. The van der Waals surface area contributed by atoms with Gasteiger partial charge < -0.3 is 10.1 Å². The molecule has 0 amide bonds. The van der Waals surface area contributed by atoms with Gasteiger partial charge in [0, 0.05) is 6.42 Å². The number of anilines is 1. The third-order valence-corrected chi connectivity index (χ3v) is 4.05. The molecular weight excluding hydrogens is 358 g/mol. The predicted octanol–water partition coefficient (Wildman–Crippen LogP) is 2.46. The molecule has 0 saturated carbocycles. The molecule has 1 aromatic heterocycles. The molecule has 1 fully saturated rings. The van der Waals surface area contributed by atoms with Crippen LogP contribution in [0.4, 0.5) is 5.13 Å². The van der Waals surface area contributed by atoms with Crippen molar-refractivity contribution in [2.75, 3.05) is 11.9 Å². The zero-order valence-corrected chi connectivity index (χ0v) is 14.8. The summed E-state index contributed by atoms with van der Waals surface area (Å²) in [6, 6.07) is 0. The van der Waals surface area contributed by atoms with Gasteiger partial charge in [-0.05, 0) is 19.3 Å². The van der Waals surface area contributed by atoms with Gasteiger partial charge in [0.25, 0.3) is 0 Å². The van der Waals surface area contributed by atoms with E-state index in [2.05, 4.69) is 29.4 Å². The molecule has 6 nitrogen and oxygen atoms in total. The van der Waals surface area contributed by atoms with Crippen LogP contribution in [0.3, 0.4) is 0 Å². The SMILES string of the molecule is Br.CC(C)CC1CC(C)(C(=O)CNc2nncs2)OC1=O. The van der Waals surface area contributed by atoms with Gasteiger partial charge in [-0.2, -0.15) is 0 Å². The highest BCUT2D eigenvalue weighted by Crippen LogP contribution is 2.35. The number of rotatable bonds is 6. The minimum Gasteiger partial charge on any atom is -0.451 e. The molecule has 0 bridgehead atoms. The lowest BCUT2D eigenvalue weighted by Gasteiger charge is -2.21. The van der Waals surface area contributed by atoms with Gasteiger partial charge in [0.2, 0.25) is 5.13 Å². The first kappa shape index (κ1) is 18.0. The van der Waals surface area contributed by atoms with Crippen molar-refractivity contribution in [3.8, 4) is 0 Å². The van der Waals surface area contributed by atoms with Crippen molar-refractivity contribution in [1.29, 1.82) is 0 Å². The molecule has 1 N–H and O–H groups in total. The third-order valence-electron chi connectivity index (χ3n) is 3.40. The van der Waals surface area contributed by atoms with E-state index in [0.717, 1.165) is 6.42 Å². The zero-order chi connectivity index (χ0) is 14.8. The normalized spacial score (nSPS) is 24.6. The summed E-state index contributed by atoms with van der Waals surface area (Å²) in [5.74, 6) is -0.159. The first-order valence-electron chi connectivity index (χ1n) is 6.67. The fourth-order valence-electron chi connectivity index (χ4n) is 2.41. The smallest absolute Gasteiger partial charge is 0.310 e. The summed E-state index contributed by atoms with van der Waals surface area (Å²) >= 11 is 1.32. The molecule has 0 aromatic carbocycles. The van der Waals surface area contributed by atoms with E-state index in [1.165, 1.54) is 11.3 Å². The highest BCUT2D eigenvalue weighted by atomic mass is 79.9. The van der Waals surface area contributed by atoms with Crippen LogP contribution in [0.25, 0.3) is 0 Å². The van der Waals surface area contributed by atoms with Crippen molar-refractivity contribution in [2.24, 2.45) is 11.8 Å². The Kier molecular flexibility index (Phi) is 6.27. The van der Waals surface area contributed by atoms with Crippen molar-refractivity contribution in [3.63, 3.8) is 0 Å². The summed E-state index contributed by atoms with van der Waals surface area (Å²) in [4.78, 5) is 24.1. The number of hydrogen-bond donors (Lipinski definition) is 1. The van der Waals surface area contributed by atoms with E-state index in [1.54, 1.807) is 12.4 Å². The Hall–Kier alpha value is -1.02. The Morgan fingerprint density at radius 3 is 2.90 bits per heavy atom. The molecule has 8 heteroatoms. The van der Waals surface area contributed by atoms with Gasteiger partial charge in [-0.1, -0.05) is 25.2 Å². The average molecular weight is 378 g/mol. The monoisotopic (exact) mass is 377 g/mol. The Labute approximate surface area is 138 Å². The highest BCUT2D eigenvalue weighted by Gasteiger charge is 2.48. The van der Waals surface area contributed by atoms with Crippen LogP contribution < -0.4 is 5.32 Å². The van der Waals surface area contributed by atoms with Crippen LogP contribution in [0.1, 0.15) is 33.6 Å². The van der Waals surface area contributed by atoms with Gasteiger partial charge in [-0.15, -0.1) is 27.2 Å². The fourth-order valence-corrected chi connectivity index (χ4v) is 2.86. The summed E-state index contributed by atoms with van der Waals surface area (Å²) in [5, 5.41) is 11.0. The molecule has 118 valence electrons. The number of hydrogen-bond acceptors (Lipinski definition) is 7. The van der Waals surface area contributed by atoms with Gasteiger partial charge in [-0.25, -0.2) is 0 Å². The van der Waals surface area contributed by atoms with E-state index < -0.39 is 5.60 Å². The number of Topliss-reactive ketones (excluding diaryl/α,β-unsaturated/α-hetero) is 1. The maximum absolute atomic E-state index is 12.3. The van der Waals surface area contributed by atoms with Crippen molar-refractivity contribution in [3.05, 3.63) is 5.51 Å². The molecule has 1 saturated heterocycles. The van der Waals surface area contributed by atoms with Crippen molar-refractivity contribution >= 4 is 45.2 Å². The van der Waals surface area contributed by atoms with E-state index >= 15 is 0 Å².